The Kier molecular flexibility index (Phi) is 8.35. The first-order valence-electron chi connectivity index (χ1n) is 13.4. The van der Waals surface area contributed by atoms with Gasteiger partial charge in [0, 0.05) is 29.7 Å². The molecule has 1 heterocycles. The van der Waals surface area contributed by atoms with Crippen LogP contribution in [-0.4, -0.2) is 30.6 Å². The van der Waals surface area contributed by atoms with Crippen LogP contribution in [0.2, 0.25) is 0 Å². The van der Waals surface area contributed by atoms with E-state index in [1.54, 1.807) is 12.3 Å². The van der Waals surface area contributed by atoms with Crippen molar-refractivity contribution in [3.05, 3.63) is 70.7 Å². The number of carbonyl (C=O) groups excluding carboxylic acids is 1. The number of hydrogen-bond acceptors (Lipinski definition) is 6. The molecule has 1 unspecified atom stereocenters. The van der Waals surface area contributed by atoms with Crippen LogP contribution in [0.4, 0.5) is 23.2 Å². The summed E-state index contributed by atoms with van der Waals surface area (Å²) in [5.74, 6) is -0.0939. The minimum atomic E-state index is -4.54. The monoisotopic (exact) mass is 558 g/mol. The molecule has 3 aromatic rings. The zero-order chi connectivity index (χ0) is 28.3. The van der Waals surface area contributed by atoms with Gasteiger partial charge in [0.25, 0.3) is 0 Å². The van der Waals surface area contributed by atoms with Gasteiger partial charge in [-0.25, -0.2) is 9.18 Å². The number of ether oxygens (including phenoxy) is 2. The number of esters is 1. The number of halogens is 4. The van der Waals surface area contributed by atoms with Gasteiger partial charge in [0.1, 0.15) is 17.3 Å². The molecule has 2 fully saturated rings. The molecule has 0 amide bonds. The molecule has 0 saturated heterocycles. The van der Waals surface area contributed by atoms with Crippen LogP contribution in [0.25, 0.3) is 11.3 Å². The molecule has 10 heteroatoms. The summed E-state index contributed by atoms with van der Waals surface area (Å²) in [6.45, 7) is 0.0459. The Morgan fingerprint density at radius 2 is 1.95 bits per heavy atom. The van der Waals surface area contributed by atoms with E-state index in [1.165, 1.54) is 31.4 Å². The van der Waals surface area contributed by atoms with Crippen molar-refractivity contribution in [3.8, 4) is 11.3 Å². The molecule has 0 N–H and O–H groups in total. The molecule has 2 aliphatic rings. The van der Waals surface area contributed by atoms with Crippen LogP contribution >= 0.6 is 0 Å². The van der Waals surface area contributed by atoms with Gasteiger partial charge in [-0.2, -0.15) is 13.2 Å². The molecular weight excluding hydrogens is 528 g/mol. The number of carbonyl (C=O) groups is 1. The summed E-state index contributed by atoms with van der Waals surface area (Å²) < 4.78 is 72.3. The van der Waals surface area contributed by atoms with E-state index in [0.29, 0.717) is 23.7 Å². The summed E-state index contributed by atoms with van der Waals surface area (Å²) in [6, 6.07) is 9.26. The van der Waals surface area contributed by atoms with E-state index in [0.717, 1.165) is 50.7 Å². The standard InChI is InChI=1S/C30H30F4N2O4/c1-38-29(37)20-11-12-26(25(31)16-20)35-14-13-21(15-18-5-4-6-18)39-17-23-27(36-40-28(23)19-9-10-19)22-7-2-3-8-24(22)30(32,33)34/h2-3,7-8,11-12,14,16,18-19,21H,4-6,9-10,13,15,17H2,1H3. The van der Waals surface area contributed by atoms with Crippen molar-refractivity contribution in [2.24, 2.45) is 10.9 Å². The average Bonchev–Trinajstić information content (AvgIpc) is 3.67. The second-order valence-electron chi connectivity index (χ2n) is 10.4. The first kappa shape index (κ1) is 28.0. The Bertz CT molecular complexity index is 1380. The molecule has 2 saturated carbocycles. The second-order valence-corrected chi connectivity index (χ2v) is 10.4. The van der Waals surface area contributed by atoms with Gasteiger partial charge in [0.15, 0.2) is 0 Å². The van der Waals surface area contributed by atoms with Crippen molar-refractivity contribution in [3.63, 3.8) is 0 Å². The fourth-order valence-electron chi connectivity index (χ4n) is 4.94. The third-order valence-corrected chi connectivity index (χ3v) is 7.51. The van der Waals surface area contributed by atoms with Gasteiger partial charge in [-0.15, -0.1) is 0 Å². The van der Waals surface area contributed by atoms with Crippen LogP contribution in [0, 0.1) is 11.7 Å². The molecule has 1 atom stereocenters. The first-order valence-corrected chi connectivity index (χ1v) is 13.4. The minimum Gasteiger partial charge on any atom is -0.465 e. The average molecular weight is 559 g/mol. The Morgan fingerprint density at radius 1 is 1.18 bits per heavy atom. The first-order chi connectivity index (χ1) is 19.2. The fraction of sp³-hybridized carbons (Fsp3) is 0.433. The van der Waals surface area contributed by atoms with E-state index in [1.807, 2.05) is 0 Å². The number of nitrogens with zero attached hydrogens (tertiary/aromatic N) is 2. The van der Waals surface area contributed by atoms with E-state index >= 15 is 0 Å². The van der Waals surface area contributed by atoms with Gasteiger partial charge in [0.05, 0.1) is 36.6 Å². The van der Waals surface area contributed by atoms with E-state index in [-0.39, 0.29) is 41.1 Å². The van der Waals surface area contributed by atoms with Crippen LogP contribution in [0.5, 0.6) is 0 Å². The van der Waals surface area contributed by atoms with E-state index in [2.05, 4.69) is 14.9 Å². The summed E-state index contributed by atoms with van der Waals surface area (Å²) in [4.78, 5) is 15.9. The zero-order valence-electron chi connectivity index (χ0n) is 22.0. The number of rotatable bonds is 11. The largest absolute Gasteiger partial charge is 0.465 e. The summed E-state index contributed by atoms with van der Waals surface area (Å²) >= 11 is 0. The van der Waals surface area contributed by atoms with Crippen molar-refractivity contribution in [2.75, 3.05) is 7.11 Å². The number of alkyl halides is 3. The molecule has 0 bridgehead atoms. The minimum absolute atomic E-state index is 0.0350. The lowest BCUT2D eigenvalue weighted by molar-refractivity contribution is -0.137. The second kappa shape index (κ2) is 11.9. The number of hydrogen-bond donors (Lipinski definition) is 0. The van der Waals surface area contributed by atoms with Crippen molar-refractivity contribution in [1.29, 1.82) is 0 Å². The molecular formula is C30H30F4N2O4. The Labute approximate surface area is 229 Å². The lowest BCUT2D eigenvalue weighted by Gasteiger charge is -2.29. The third kappa shape index (κ3) is 6.43. The SMILES string of the molecule is COC(=O)c1ccc(N=CCC(CC2CCC2)OCc2c(-c3ccccc3C(F)(F)F)noc2C2CC2)c(F)c1. The molecule has 0 radical (unpaired) electrons. The topological polar surface area (TPSA) is 73.9 Å². The molecule has 2 aliphatic carbocycles. The molecule has 2 aromatic carbocycles. The number of methoxy groups -OCH3 is 1. The van der Waals surface area contributed by atoms with Crippen LogP contribution < -0.4 is 0 Å². The van der Waals surface area contributed by atoms with Crippen molar-refractivity contribution < 1.29 is 36.4 Å². The highest BCUT2D eigenvalue weighted by Crippen LogP contribution is 2.46. The molecule has 40 heavy (non-hydrogen) atoms. The molecule has 6 nitrogen and oxygen atoms in total. The van der Waals surface area contributed by atoms with Gasteiger partial charge in [0.2, 0.25) is 0 Å². The van der Waals surface area contributed by atoms with E-state index < -0.39 is 23.5 Å². The van der Waals surface area contributed by atoms with Gasteiger partial charge in [-0.05, 0) is 49.4 Å². The predicted octanol–water partition coefficient (Wildman–Crippen LogP) is 8.03. The number of benzene rings is 2. The maximum absolute atomic E-state index is 14.5. The van der Waals surface area contributed by atoms with E-state index in [9.17, 15) is 22.4 Å². The number of aromatic nitrogens is 1. The zero-order valence-corrected chi connectivity index (χ0v) is 22.0. The Morgan fingerprint density at radius 3 is 2.60 bits per heavy atom. The number of aliphatic imine (C=N–C) groups is 1. The summed E-state index contributed by atoms with van der Waals surface area (Å²) in [6.07, 6.45) is 3.01. The maximum atomic E-state index is 14.5. The van der Waals surface area contributed by atoms with Crippen LogP contribution in [0.15, 0.2) is 52.0 Å². The summed E-state index contributed by atoms with van der Waals surface area (Å²) in [5, 5.41) is 4.07. The fourth-order valence-corrected chi connectivity index (χ4v) is 4.94. The lowest BCUT2D eigenvalue weighted by Crippen LogP contribution is -2.22. The molecule has 0 spiro atoms. The highest BCUT2D eigenvalue weighted by atomic mass is 19.4. The quantitative estimate of drug-likeness (QED) is 0.135. The highest BCUT2D eigenvalue weighted by Gasteiger charge is 2.37. The molecule has 5 rings (SSSR count). The Balaban J connectivity index is 1.34. The van der Waals surface area contributed by atoms with Crippen molar-refractivity contribution in [2.45, 2.75) is 69.8 Å². The lowest BCUT2D eigenvalue weighted by atomic mass is 9.81. The smallest absolute Gasteiger partial charge is 0.417 e. The van der Waals surface area contributed by atoms with Gasteiger partial charge >= 0.3 is 12.1 Å². The molecule has 1 aromatic heterocycles. The maximum Gasteiger partial charge on any atom is 0.417 e. The van der Waals surface area contributed by atoms with Gasteiger partial charge < -0.3 is 14.0 Å². The van der Waals surface area contributed by atoms with Crippen molar-refractivity contribution in [1.82, 2.24) is 5.16 Å². The van der Waals surface area contributed by atoms with Crippen LogP contribution in [-0.2, 0) is 22.3 Å². The molecule has 212 valence electrons. The third-order valence-electron chi connectivity index (χ3n) is 7.51. The highest BCUT2D eigenvalue weighted by molar-refractivity contribution is 5.89. The summed E-state index contributed by atoms with van der Waals surface area (Å²) in [5.41, 5.74) is 0.0553. The van der Waals surface area contributed by atoms with Crippen LogP contribution in [0.1, 0.15) is 78.1 Å². The molecule has 0 aliphatic heterocycles. The van der Waals surface area contributed by atoms with E-state index in [4.69, 9.17) is 9.26 Å². The Hall–Kier alpha value is -3.53. The summed E-state index contributed by atoms with van der Waals surface area (Å²) in [7, 11) is 1.22. The van der Waals surface area contributed by atoms with Gasteiger partial charge in [-0.1, -0.05) is 42.6 Å². The predicted molar refractivity (Wildman–Crippen MR) is 140 cm³/mol. The van der Waals surface area contributed by atoms with Crippen molar-refractivity contribution >= 4 is 17.9 Å². The normalized spacial score (nSPS) is 16.7. The van der Waals surface area contributed by atoms with Crippen LogP contribution in [0.3, 0.4) is 0 Å². The van der Waals surface area contributed by atoms with Gasteiger partial charge in [-0.3, -0.25) is 4.99 Å².